The second kappa shape index (κ2) is 10.2. The standard InChI is InChI=1S/C21H28N4O/c1-4-7-20(26)25-19-11-6-10-18(13-19)15-24-21(22-3)23-14-17-9-5-8-16(2)12-17/h5-6,8-13H,4,7,14-15H2,1-3H3,(H,25,26)(H2,22,23,24). The van der Waals surface area contributed by atoms with E-state index in [0.29, 0.717) is 19.5 Å². The van der Waals surface area contributed by atoms with Gasteiger partial charge in [0.15, 0.2) is 5.96 Å². The number of guanidine groups is 1. The third kappa shape index (κ3) is 6.59. The van der Waals surface area contributed by atoms with Gasteiger partial charge in [-0.2, -0.15) is 0 Å². The van der Waals surface area contributed by atoms with Crippen molar-refractivity contribution in [2.24, 2.45) is 4.99 Å². The summed E-state index contributed by atoms with van der Waals surface area (Å²) in [6.07, 6.45) is 1.38. The molecule has 0 atom stereocenters. The molecule has 1 amide bonds. The van der Waals surface area contributed by atoms with Crippen molar-refractivity contribution in [2.75, 3.05) is 12.4 Å². The lowest BCUT2D eigenvalue weighted by molar-refractivity contribution is -0.116. The fourth-order valence-corrected chi connectivity index (χ4v) is 2.62. The van der Waals surface area contributed by atoms with Crippen molar-refractivity contribution < 1.29 is 4.79 Å². The number of carbonyl (C=O) groups excluding carboxylic acids is 1. The zero-order valence-electron chi connectivity index (χ0n) is 15.8. The number of carbonyl (C=O) groups is 1. The predicted octanol–water partition coefficient (Wildman–Crippen LogP) is 3.60. The van der Waals surface area contributed by atoms with E-state index < -0.39 is 0 Å². The molecule has 0 bridgehead atoms. The molecule has 0 fully saturated rings. The van der Waals surface area contributed by atoms with E-state index >= 15 is 0 Å². The van der Waals surface area contributed by atoms with Crippen molar-refractivity contribution in [2.45, 2.75) is 39.8 Å². The quantitative estimate of drug-likeness (QED) is 0.527. The van der Waals surface area contributed by atoms with Gasteiger partial charge in [-0.3, -0.25) is 9.79 Å². The number of rotatable bonds is 7. The fraction of sp³-hybridized carbons (Fsp3) is 0.333. The zero-order chi connectivity index (χ0) is 18.8. The van der Waals surface area contributed by atoms with Gasteiger partial charge in [-0.1, -0.05) is 48.9 Å². The lowest BCUT2D eigenvalue weighted by atomic mass is 10.1. The van der Waals surface area contributed by atoms with E-state index in [9.17, 15) is 4.79 Å². The number of hydrogen-bond acceptors (Lipinski definition) is 2. The van der Waals surface area contributed by atoms with E-state index in [1.54, 1.807) is 7.05 Å². The maximum absolute atomic E-state index is 11.7. The molecule has 0 heterocycles. The average Bonchev–Trinajstić information content (AvgIpc) is 2.62. The summed E-state index contributed by atoms with van der Waals surface area (Å²) in [5.74, 6) is 0.792. The van der Waals surface area contributed by atoms with Crippen LogP contribution < -0.4 is 16.0 Å². The highest BCUT2D eigenvalue weighted by Crippen LogP contribution is 2.11. The molecule has 2 aromatic rings. The van der Waals surface area contributed by atoms with Gasteiger partial charge in [0.1, 0.15) is 0 Å². The molecule has 0 aliphatic heterocycles. The molecule has 138 valence electrons. The first kappa shape index (κ1) is 19.5. The highest BCUT2D eigenvalue weighted by Gasteiger charge is 2.03. The Labute approximate surface area is 155 Å². The van der Waals surface area contributed by atoms with Crippen molar-refractivity contribution in [1.29, 1.82) is 0 Å². The minimum Gasteiger partial charge on any atom is -0.352 e. The van der Waals surface area contributed by atoms with Gasteiger partial charge in [-0.05, 0) is 36.6 Å². The third-order valence-electron chi connectivity index (χ3n) is 3.91. The van der Waals surface area contributed by atoms with Crippen LogP contribution in [-0.4, -0.2) is 18.9 Å². The minimum absolute atomic E-state index is 0.0493. The van der Waals surface area contributed by atoms with Gasteiger partial charge >= 0.3 is 0 Å². The van der Waals surface area contributed by atoms with Gasteiger partial charge in [-0.15, -0.1) is 0 Å². The number of benzene rings is 2. The monoisotopic (exact) mass is 352 g/mol. The number of nitrogens with one attached hydrogen (secondary N) is 3. The number of aryl methyl sites for hydroxylation is 1. The van der Waals surface area contributed by atoms with Crippen LogP contribution in [0.15, 0.2) is 53.5 Å². The maximum atomic E-state index is 11.7. The lowest BCUT2D eigenvalue weighted by Crippen LogP contribution is -2.36. The average molecular weight is 352 g/mol. The van der Waals surface area contributed by atoms with Crippen LogP contribution in [0.2, 0.25) is 0 Å². The van der Waals surface area contributed by atoms with Gasteiger partial charge in [0.25, 0.3) is 0 Å². The molecule has 0 aromatic heterocycles. The number of hydrogen-bond donors (Lipinski definition) is 3. The summed E-state index contributed by atoms with van der Waals surface area (Å²) in [6.45, 7) is 5.43. The van der Waals surface area contributed by atoms with Crippen LogP contribution in [0.4, 0.5) is 5.69 Å². The molecule has 0 saturated heterocycles. The topological polar surface area (TPSA) is 65.5 Å². The van der Waals surface area contributed by atoms with Crippen molar-refractivity contribution >= 4 is 17.6 Å². The molecule has 5 nitrogen and oxygen atoms in total. The summed E-state index contributed by atoms with van der Waals surface area (Å²) < 4.78 is 0. The largest absolute Gasteiger partial charge is 0.352 e. The first-order valence-electron chi connectivity index (χ1n) is 8.99. The molecule has 0 unspecified atom stereocenters. The van der Waals surface area contributed by atoms with Crippen LogP contribution in [0.1, 0.15) is 36.5 Å². The van der Waals surface area contributed by atoms with E-state index in [2.05, 4.69) is 52.1 Å². The van der Waals surface area contributed by atoms with Crippen molar-refractivity contribution in [3.05, 3.63) is 65.2 Å². The molecule has 3 N–H and O–H groups in total. The second-order valence-electron chi connectivity index (χ2n) is 6.27. The molecular formula is C21H28N4O. The molecule has 0 spiro atoms. The maximum Gasteiger partial charge on any atom is 0.224 e. The summed E-state index contributed by atoms with van der Waals surface area (Å²) in [5.41, 5.74) is 4.37. The fourth-order valence-electron chi connectivity index (χ4n) is 2.62. The van der Waals surface area contributed by atoms with E-state index in [1.165, 1.54) is 11.1 Å². The Morgan fingerprint density at radius 1 is 1.00 bits per heavy atom. The highest BCUT2D eigenvalue weighted by molar-refractivity contribution is 5.90. The predicted molar refractivity (Wildman–Crippen MR) is 108 cm³/mol. The first-order valence-corrected chi connectivity index (χ1v) is 8.99. The minimum atomic E-state index is 0.0493. The van der Waals surface area contributed by atoms with Gasteiger partial charge < -0.3 is 16.0 Å². The lowest BCUT2D eigenvalue weighted by Gasteiger charge is -2.13. The molecule has 2 rings (SSSR count). The van der Waals surface area contributed by atoms with Crippen LogP contribution in [0.25, 0.3) is 0 Å². The smallest absolute Gasteiger partial charge is 0.224 e. The molecule has 0 radical (unpaired) electrons. The zero-order valence-corrected chi connectivity index (χ0v) is 15.8. The van der Waals surface area contributed by atoms with Gasteiger partial charge in [0, 0.05) is 32.2 Å². The van der Waals surface area contributed by atoms with Crippen molar-refractivity contribution in [1.82, 2.24) is 10.6 Å². The van der Waals surface area contributed by atoms with E-state index in [1.807, 2.05) is 31.2 Å². The number of anilines is 1. The van der Waals surface area contributed by atoms with Gasteiger partial charge in [0.2, 0.25) is 5.91 Å². The second-order valence-corrected chi connectivity index (χ2v) is 6.27. The number of amides is 1. The Morgan fingerprint density at radius 2 is 1.65 bits per heavy atom. The van der Waals surface area contributed by atoms with Crippen LogP contribution in [-0.2, 0) is 17.9 Å². The van der Waals surface area contributed by atoms with E-state index in [-0.39, 0.29) is 5.91 Å². The Morgan fingerprint density at radius 3 is 2.27 bits per heavy atom. The molecule has 2 aromatic carbocycles. The molecule has 0 aliphatic carbocycles. The molecule has 0 saturated carbocycles. The highest BCUT2D eigenvalue weighted by atomic mass is 16.1. The molecule has 26 heavy (non-hydrogen) atoms. The Bertz CT molecular complexity index is 755. The Hall–Kier alpha value is -2.82. The van der Waals surface area contributed by atoms with Gasteiger partial charge in [-0.25, -0.2) is 0 Å². The third-order valence-corrected chi connectivity index (χ3v) is 3.91. The number of aliphatic imine (C=N–C) groups is 1. The first-order chi connectivity index (χ1) is 12.6. The molecule has 5 heteroatoms. The molecule has 0 aliphatic rings. The summed E-state index contributed by atoms with van der Waals surface area (Å²) in [7, 11) is 1.76. The van der Waals surface area contributed by atoms with Gasteiger partial charge in [0.05, 0.1) is 0 Å². The van der Waals surface area contributed by atoms with Crippen molar-refractivity contribution in [3.63, 3.8) is 0 Å². The van der Waals surface area contributed by atoms with Crippen LogP contribution >= 0.6 is 0 Å². The normalized spacial score (nSPS) is 11.1. The van der Waals surface area contributed by atoms with E-state index in [0.717, 1.165) is 23.6 Å². The van der Waals surface area contributed by atoms with Crippen LogP contribution in [0.5, 0.6) is 0 Å². The van der Waals surface area contributed by atoms with E-state index in [4.69, 9.17) is 0 Å². The Kier molecular flexibility index (Phi) is 7.68. The summed E-state index contributed by atoms with van der Waals surface area (Å²) >= 11 is 0. The summed E-state index contributed by atoms with van der Waals surface area (Å²) in [4.78, 5) is 16.0. The Balaban J connectivity index is 1.87. The summed E-state index contributed by atoms with van der Waals surface area (Å²) in [6, 6.07) is 16.2. The number of nitrogens with zero attached hydrogens (tertiary/aromatic N) is 1. The summed E-state index contributed by atoms with van der Waals surface area (Å²) in [5, 5.41) is 9.54. The van der Waals surface area contributed by atoms with Crippen LogP contribution in [0, 0.1) is 6.92 Å². The van der Waals surface area contributed by atoms with Crippen molar-refractivity contribution in [3.8, 4) is 0 Å². The van der Waals surface area contributed by atoms with Crippen LogP contribution in [0.3, 0.4) is 0 Å². The SMILES string of the molecule is CCCC(=O)Nc1cccc(CNC(=NC)NCc2cccc(C)c2)c1. The molecular weight excluding hydrogens is 324 g/mol.